The zero-order valence-electron chi connectivity index (χ0n) is 25.8. The highest BCUT2D eigenvalue weighted by Gasteiger charge is 2.34. The summed E-state index contributed by atoms with van der Waals surface area (Å²) in [5.74, 6) is 3.16. The number of aryl methyl sites for hydroxylation is 2. The second-order valence-corrected chi connectivity index (χ2v) is 12.0. The van der Waals surface area contributed by atoms with E-state index in [1.807, 2.05) is 42.4 Å². The molecule has 0 radical (unpaired) electrons. The SMILES string of the molecule is CNC1CCN(C(=O)C2CC2)CC1.COc1ccn(-c2ccc3nc(-c4cccnc4N)n(-c4ccc5c(c4)CCC5)c3n2)n1. The normalized spacial score (nSPS) is 16.4. The molecule has 232 valence electrons. The van der Waals surface area contributed by atoms with Gasteiger partial charge < -0.3 is 20.7 Å². The van der Waals surface area contributed by atoms with Crippen molar-refractivity contribution in [2.24, 2.45) is 5.92 Å². The molecule has 1 saturated heterocycles. The number of carbonyl (C=O) groups excluding carboxylic acids is 1. The smallest absolute Gasteiger partial charge is 0.232 e. The molecule has 3 aliphatic rings. The Morgan fingerprint density at radius 3 is 2.56 bits per heavy atom. The minimum Gasteiger partial charge on any atom is -0.480 e. The third kappa shape index (κ3) is 5.87. The van der Waals surface area contributed by atoms with Gasteiger partial charge in [0, 0.05) is 49.2 Å². The number of piperidine rings is 1. The van der Waals surface area contributed by atoms with Crippen LogP contribution in [0.5, 0.6) is 5.88 Å². The maximum Gasteiger partial charge on any atom is 0.232 e. The van der Waals surface area contributed by atoms with Gasteiger partial charge in [0.15, 0.2) is 17.3 Å². The Labute approximate surface area is 262 Å². The zero-order chi connectivity index (χ0) is 30.9. The van der Waals surface area contributed by atoms with Gasteiger partial charge in [-0.15, -0.1) is 5.10 Å². The van der Waals surface area contributed by atoms with Crippen LogP contribution in [0, 0.1) is 5.92 Å². The van der Waals surface area contributed by atoms with E-state index in [0.717, 1.165) is 74.0 Å². The maximum absolute atomic E-state index is 11.7. The third-order valence-electron chi connectivity index (χ3n) is 9.06. The fourth-order valence-corrected chi connectivity index (χ4v) is 6.32. The predicted molar refractivity (Wildman–Crippen MR) is 174 cm³/mol. The van der Waals surface area contributed by atoms with Crippen LogP contribution < -0.4 is 15.8 Å². The first kappa shape index (κ1) is 29.0. The summed E-state index contributed by atoms with van der Waals surface area (Å²) in [4.78, 5) is 27.8. The van der Waals surface area contributed by atoms with Gasteiger partial charge >= 0.3 is 0 Å². The molecule has 3 N–H and O–H groups in total. The number of pyridine rings is 2. The minimum absolute atomic E-state index is 0.395. The number of carbonyl (C=O) groups is 1. The van der Waals surface area contributed by atoms with E-state index >= 15 is 0 Å². The molecule has 1 aromatic carbocycles. The fourth-order valence-electron chi connectivity index (χ4n) is 6.32. The lowest BCUT2D eigenvalue weighted by Crippen LogP contribution is -2.44. The molecule has 5 aromatic rings. The average molecular weight is 606 g/mol. The molecule has 2 fully saturated rings. The van der Waals surface area contributed by atoms with Crippen LogP contribution in [0.25, 0.3) is 34.1 Å². The summed E-state index contributed by atoms with van der Waals surface area (Å²) < 4.78 is 8.97. The molecule has 4 aromatic heterocycles. The van der Waals surface area contributed by atoms with Crippen LogP contribution in [0.3, 0.4) is 0 Å². The molecule has 0 unspecified atom stereocenters. The lowest BCUT2D eigenvalue weighted by molar-refractivity contribution is -0.133. The van der Waals surface area contributed by atoms with E-state index < -0.39 is 0 Å². The quantitative estimate of drug-likeness (QED) is 0.292. The second-order valence-electron chi connectivity index (χ2n) is 12.0. The predicted octanol–water partition coefficient (Wildman–Crippen LogP) is 4.35. The Kier molecular flexibility index (Phi) is 7.93. The molecule has 0 spiro atoms. The summed E-state index contributed by atoms with van der Waals surface area (Å²) in [7, 11) is 3.60. The molecular formula is C34H39N9O2. The van der Waals surface area contributed by atoms with Crippen LogP contribution >= 0.6 is 0 Å². The Bertz CT molecular complexity index is 1830. The Morgan fingerprint density at radius 2 is 1.82 bits per heavy atom. The number of nitrogens with one attached hydrogen (secondary N) is 1. The Morgan fingerprint density at radius 1 is 1.00 bits per heavy atom. The summed E-state index contributed by atoms with van der Waals surface area (Å²) in [5.41, 5.74) is 12.3. The number of aromatic nitrogens is 6. The molecule has 5 heterocycles. The Balaban J connectivity index is 0.000000209. The van der Waals surface area contributed by atoms with Crippen molar-refractivity contribution in [3.63, 3.8) is 0 Å². The van der Waals surface area contributed by atoms with Gasteiger partial charge in [-0.05, 0) is 99.5 Å². The van der Waals surface area contributed by atoms with E-state index in [4.69, 9.17) is 20.4 Å². The maximum atomic E-state index is 11.7. The highest BCUT2D eigenvalue weighted by Crippen LogP contribution is 2.33. The fraction of sp³-hybridized carbons (Fsp3) is 0.382. The van der Waals surface area contributed by atoms with Crippen molar-refractivity contribution in [2.45, 2.75) is 51.0 Å². The number of methoxy groups -OCH3 is 1. The number of fused-ring (bicyclic) bond motifs is 2. The number of rotatable bonds is 6. The number of nitrogens with two attached hydrogens (primary N) is 1. The molecule has 1 aliphatic heterocycles. The number of anilines is 1. The second kappa shape index (κ2) is 12.3. The van der Waals surface area contributed by atoms with Gasteiger partial charge in [0.2, 0.25) is 11.8 Å². The first-order chi connectivity index (χ1) is 22.0. The molecule has 45 heavy (non-hydrogen) atoms. The van der Waals surface area contributed by atoms with Gasteiger partial charge in [0.1, 0.15) is 11.3 Å². The molecule has 8 rings (SSSR count). The molecule has 0 atom stereocenters. The summed E-state index contributed by atoms with van der Waals surface area (Å²) in [6, 6.07) is 16.7. The monoisotopic (exact) mass is 605 g/mol. The Hall–Kier alpha value is -4.77. The average Bonchev–Trinajstić information content (AvgIpc) is 3.45. The van der Waals surface area contributed by atoms with E-state index in [0.29, 0.717) is 41.2 Å². The van der Waals surface area contributed by atoms with E-state index in [9.17, 15) is 4.79 Å². The molecule has 1 amide bonds. The van der Waals surface area contributed by atoms with E-state index in [1.54, 1.807) is 24.1 Å². The highest BCUT2D eigenvalue weighted by molar-refractivity contribution is 5.83. The van der Waals surface area contributed by atoms with Crippen molar-refractivity contribution in [2.75, 3.05) is 33.0 Å². The highest BCUT2D eigenvalue weighted by atomic mass is 16.5. The lowest BCUT2D eigenvalue weighted by atomic mass is 10.1. The van der Waals surface area contributed by atoms with Crippen LogP contribution in [0.15, 0.2) is 60.9 Å². The van der Waals surface area contributed by atoms with Crippen molar-refractivity contribution >= 4 is 22.9 Å². The third-order valence-corrected chi connectivity index (χ3v) is 9.06. The van der Waals surface area contributed by atoms with Crippen molar-refractivity contribution in [3.8, 4) is 28.8 Å². The number of amides is 1. The van der Waals surface area contributed by atoms with Crippen molar-refractivity contribution in [1.82, 2.24) is 39.5 Å². The number of nitrogens with zero attached hydrogens (tertiary/aromatic N) is 7. The van der Waals surface area contributed by atoms with Gasteiger partial charge in [-0.1, -0.05) is 6.07 Å². The molecule has 2 aliphatic carbocycles. The summed E-state index contributed by atoms with van der Waals surface area (Å²) in [6.45, 7) is 1.92. The molecule has 0 bridgehead atoms. The van der Waals surface area contributed by atoms with Gasteiger partial charge in [-0.25, -0.2) is 19.6 Å². The van der Waals surface area contributed by atoms with Crippen molar-refractivity contribution in [1.29, 1.82) is 0 Å². The van der Waals surface area contributed by atoms with Crippen molar-refractivity contribution in [3.05, 3.63) is 72.1 Å². The summed E-state index contributed by atoms with van der Waals surface area (Å²) in [6.07, 6.45) is 11.4. The number of nitrogen functional groups attached to an aromatic ring is 1. The van der Waals surface area contributed by atoms with Gasteiger partial charge in [-0.2, -0.15) is 0 Å². The van der Waals surface area contributed by atoms with Crippen LogP contribution in [0.2, 0.25) is 0 Å². The van der Waals surface area contributed by atoms with Crippen LogP contribution in [-0.4, -0.2) is 73.4 Å². The summed E-state index contributed by atoms with van der Waals surface area (Å²) in [5, 5.41) is 7.68. The van der Waals surface area contributed by atoms with Crippen molar-refractivity contribution < 1.29 is 9.53 Å². The first-order valence-electron chi connectivity index (χ1n) is 15.8. The number of hydrogen-bond acceptors (Lipinski definition) is 8. The standard InChI is InChI=1S/C24H21N7O.C10H18N2O/c1-32-21-11-13-30(29-21)20-10-9-19-24(28-20)31(17-8-7-15-4-2-5-16(15)14-17)23(27-19)18-6-3-12-26-22(18)25;1-11-9-4-6-12(7-5-9)10(13)8-2-3-8/h3,6-14H,2,4-5H2,1H3,(H2,25,26);8-9,11H,2-7H2,1H3. The van der Waals surface area contributed by atoms with Gasteiger partial charge in [0.05, 0.1) is 12.7 Å². The topological polar surface area (TPSA) is 129 Å². The number of benzene rings is 1. The zero-order valence-corrected chi connectivity index (χ0v) is 25.8. The van der Waals surface area contributed by atoms with Crippen LogP contribution in [0.1, 0.15) is 43.2 Å². The number of hydrogen-bond donors (Lipinski definition) is 2. The van der Waals surface area contributed by atoms with Crippen LogP contribution in [-0.2, 0) is 17.6 Å². The number of ether oxygens (including phenoxy) is 1. The molecule has 1 saturated carbocycles. The summed E-state index contributed by atoms with van der Waals surface area (Å²) >= 11 is 0. The molecule has 11 nitrogen and oxygen atoms in total. The number of likely N-dealkylation sites (tertiary alicyclic amines) is 1. The lowest BCUT2D eigenvalue weighted by Gasteiger charge is -2.31. The van der Waals surface area contributed by atoms with E-state index in [1.165, 1.54) is 17.5 Å². The van der Waals surface area contributed by atoms with E-state index in [2.05, 4.69) is 38.2 Å². The van der Waals surface area contributed by atoms with Crippen LogP contribution in [0.4, 0.5) is 5.82 Å². The van der Waals surface area contributed by atoms with Gasteiger partial charge in [0.25, 0.3) is 0 Å². The first-order valence-corrected chi connectivity index (χ1v) is 15.8. The number of imidazole rings is 1. The van der Waals surface area contributed by atoms with Gasteiger partial charge in [-0.3, -0.25) is 9.36 Å². The molecular weight excluding hydrogens is 566 g/mol. The minimum atomic E-state index is 0.395. The van der Waals surface area contributed by atoms with E-state index in [-0.39, 0.29) is 0 Å². The molecule has 11 heteroatoms. The largest absolute Gasteiger partial charge is 0.480 e.